The molecule has 2 fully saturated rings. The maximum Gasteiger partial charge on any atom is 0.0669 e. The van der Waals surface area contributed by atoms with E-state index in [1.54, 1.807) is 0 Å². The van der Waals surface area contributed by atoms with Crippen LogP contribution >= 0.6 is 0 Å². The smallest absolute Gasteiger partial charge is 0.0669 e. The lowest BCUT2D eigenvalue weighted by molar-refractivity contribution is 0.00108. The van der Waals surface area contributed by atoms with E-state index in [1.165, 1.54) is 25.7 Å². The number of aliphatic hydroxyl groups excluding tert-OH is 1. The van der Waals surface area contributed by atoms with Crippen molar-refractivity contribution in [2.75, 3.05) is 26.2 Å². The van der Waals surface area contributed by atoms with Crippen LogP contribution in [0, 0.1) is 5.92 Å². The van der Waals surface area contributed by atoms with E-state index < -0.39 is 0 Å². The van der Waals surface area contributed by atoms with Crippen LogP contribution in [-0.2, 0) is 4.74 Å². The predicted octanol–water partition coefficient (Wildman–Crippen LogP) is 2.43. The molecule has 0 amide bonds. The fraction of sp³-hybridized carbons (Fsp3) is 1.00. The van der Waals surface area contributed by atoms with Crippen molar-refractivity contribution in [3.05, 3.63) is 0 Å². The average molecular weight is 255 g/mol. The first-order valence-corrected chi connectivity index (χ1v) is 7.80. The third kappa shape index (κ3) is 4.52. The minimum absolute atomic E-state index is 0.114. The van der Waals surface area contributed by atoms with Crippen LogP contribution in [0.1, 0.15) is 51.9 Å². The summed E-state index contributed by atoms with van der Waals surface area (Å²) in [5, 5.41) is 10.2. The second-order valence-corrected chi connectivity index (χ2v) is 6.00. The van der Waals surface area contributed by atoms with Crippen molar-refractivity contribution < 1.29 is 9.84 Å². The number of aliphatic hydroxyl groups is 1. The molecule has 1 N–H and O–H groups in total. The van der Waals surface area contributed by atoms with E-state index in [-0.39, 0.29) is 6.10 Å². The summed E-state index contributed by atoms with van der Waals surface area (Å²) >= 11 is 0. The second-order valence-electron chi connectivity index (χ2n) is 6.00. The molecule has 1 saturated carbocycles. The number of likely N-dealkylation sites (tertiary alicyclic amines) is 1. The summed E-state index contributed by atoms with van der Waals surface area (Å²) in [4.78, 5) is 2.41. The Kier molecular flexibility index (Phi) is 5.93. The molecule has 0 spiro atoms. The fourth-order valence-corrected chi connectivity index (χ4v) is 3.50. The molecule has 0 radical (unpaired) electrons. The van der Waals surface area contributed by atoms with Gasteiger partial charge in [-0.15, -0.1) is 0 Å². The van der Waals surface area contributed by atoms with Crippen LogP contribution in [0.5, 0.6) is 0 Å². The lowest BCUT2D eigenvalue weighted by Crippen LogP contribution is -2.41. The maximum absolute atomic E-state index is 10.2. The van der Waals surface area contributed by atoms with Crippen LogP contribution in [0.2, 0.25) is 0 Å². The summed E-state index contributed by atoms with van der Waals surface area (Å²) in [5.41, 5.74) is 0. The van der Waals surface area contributed by atoms with Crippen molar-refractivity contribution in [3.63, 3.8) is 0 Å². The van der Waals surface area contributed by atoms with E-state index in [0.717, 1.165) is 51.4 Å². The van der Waals surface area contributed by atoms with Crippen molar-refractivity contribution in [3.8, 4) is 0 Å². The van der Waals surface area contributed by atoms with Gasteiger partial charge in [0.05, 0.1) is 12.2 Å². The Bertz CT molecular complexity index is 221. The Balaban J connectivity index is 1.61. The number of hydrogen-bond acceptors (Lipinski definition) is 3. The Hall–Kier alpha value is -0.120. The first kappa shape index (κ1) is 14.3. The van der Waals surface area contributed by atoms with Gasteiger partial charge in [-0.1, -0.05) is 25.7 Å². The van der Waals surface area contributed by atoms with Crippen LogP contribution in [0.4, 0.5) is 0 Å². The Morgan fingerprint density at radius 2 is 1.83 bits per heavy atom. The van der Waals surface area contributed by atoms with Gasteiger partial charge in [-0.05, 0) is 32.1 Å². The van der Waals surface area contributed by atoms with Gasteiger partial charge in [-0.3, -0.25) is 0 Å². The van der Waals surface area contributed by atoms with Crippen molar-refractivity contribution in [2.24, 2.45) is 5.92 Å². The molecule has 18 heavy (non-hydrogen) atoms. The van der Waals surface area contributed by atoms with Gasteiger partial charge in [0, 0.05) is 26.2 Å². The summed E-state index contributed by atoms with van der Waals surface area (Å²) in [5.74, 6) is 0.793. The van der Waals surface area contributed by atoms with Gasteiger partial charge < -0.3 is 14.7 Å². The lowest BCUT2D eigenvalue weighted by atomic mass is 9.99. The van der Waals surface area contributed by atoms with Gasteiger partial charge in [-0.25, -0.2) is 0 Å². The Morgan fingerprint density at radius 1 is 1.17 bits per heavy atom. The van der Waals surface area contributed by atoms with Crippen LogP contribution < -0.4 is 0 Å². The molecule has 0 aromatic carbocycles. The van der Waals surface area contributed by atoms with Crippen LogP contribution in [0.15, 0.2) is 0 Å². The summed E-state index contributed by atoms with van der Waals surface area (Å²) in [7, 11) is 0. The lowest BCUT2D eigenvalue weighted by Gasteiger charge is -2.33. The topological polar surface area (TPSA) is 32.7 Å². The zero-order chi connectivity index (χ0) is 12.8. The van der Waals surface area contributed by atoms with E-state index in [9.17, 15) is 5.11 Å². The molecule has 1 aliphatic carbocycles. The normalized spacial score (nSPS) is 25.7. The highest BCUT2D eigenvalue weighted by Gasteiger charge is 2.23. The average Bonchev–Trinajstić information content (AvgIpc) is 2.84. The SMILES string of the molecule is CCOC1CCN(C[C@H](O)CC2CCCC2)CC1. The number of β-amino-alcohol motifs (C(OH)–C–C–N with tert-alkyl or cyclic N) is 1. The molecular weight excluding hydrogens is 226 g/mol. The highest BCUT2D eigenvalue weighted by atomic mass is 16.5. The standard InChI is InChI=1S/C15H29NO2/c1-2-18-15-7-9-16(10-8-15)12-14(17)11-13-5-3-4-6-13/h13-15,17H,2-12H2,1H3/t14-/m1/s1. The Labute approximate surface area is 112 Å². The molecule has 3 nitrogen and oxygen atoms in total. The number of ether oxygens (including phenoxy) is 1. The van der Waals surface area contributed by atoms with Gasteiger partial charge in [0.1, 0.15) is 0 Å². The molecule has 1 saturated heterocycles. The number of piperidine rings is 1. The molecule has 2 rings (SSSR count). The highest BCUT2D eigenvalue weighted by Crippen LogP contribution is 2.28. The highest BCUT2D eigenvalue weighted by molar-refractivity contribution is 4.77. The van der Waals surface area contributed by atoms with Crippen LogP contribution in [-0.4, -0.2) is 48.5 Å². The predicted molar refractivity (Wildman–Crippen MR) is 73.7 cm³/mol. The van der Waals surface area contributed by atoms with E-state index in [1.807, 2.05) is 0 Å². The zero-order valence-corrected chi connectivity index (χ0v) is 11.8. The van der Waals surface area contributed by atoms with Gasteiger partial charge in [0.15, 0.2) is 0 Å². The molecule has 1 atom stereocenters. The van der Waals surface area contributed by atoms with Gasteiger partial charge in [0.2, 0.25) is 0 Å². The van der Waals surface area contributed by atoms with Crippen LogP contribution in [0.25, 0.3) is 0 Å². The van der Waals surface area contributed by atoms with Crippen LogP contribution in [0.3, 0.4) is 0 Å². The van der Waals surface area contributed by atoms with Gasteiger partial charge >= 0.3 is 0 Å². The summed E-state index contributed by atoms with van der Waals surface area (Å²) in [6.07, 6.45) is 9.04. The molecule has 3 heteroatoms. The molecule has 1 heterocycles. The summed E-state index contributed by atoms with van der Waals surface area (Å²) in [6.45, 7) is 5.95. The second kappa shape index (κ2) is 7.46. The minimum atomic E-state index is -0.114. The summed E-state index contributed by atoms with van der Waals surface area (Å²) in [6, 6.07) is 0. The molecule has 106 valence electrons. The fourth-order valence-electron chi connectivity index (χ4n) is 3.50. The van der Waals surface area contributed by atoms with Crippen molar-refractivity contribution in [2.45, 2.75) is 64.1 Å². The zero-order valence-electron chi connectivity index (χ0n) is 11.8. The molecule has 1 aliphatic heterocycles. The third-order valence-electron chi connectivity index (χ3n) is 4.49. The maximum atomic E-state index is 10.2. The molecule has 0 aromatic rings. The first-order chi connectivity index (χ1) is 8.78. The molecule has 2 aliphatic rings. The van der Waals surface area contributed by atoms with E-state index >= 15 is 0 Å². The third-order valence-corrected chi connectivity index (χ3v) is 4.49. The van der Waals surface area contributed by atoms with E-state index in [4.69, 9.17) is 4.74 Å². The molecule has 0 bridgehead atoms. The van der Waals surface area contributed by atoms with Crippen molar-refractivity contribution in [1.29, 1.82) is 0 Å². The number of hydrogen-bond donors (Lipinski definition) is 1. The minimum Gasteiger partial charge on any atom is -0.392 e. The molecule has 0 aromatic heterocycles. The van der Waals surface area contributed by atoms with E-state index in [2.05, 4.69) is 11.8 Å². The molecule has 0 unspecified atom stereocenters. The van der Waals surface area contributed by atoms with Crippen molar-refractivity contribution in [1.82, 2.24) is 4.90 Å². The largest absolute Gasteiger partial charge is 0.392 e. The van der Waals surface area contributed by atoms with E-state index in [0.29, 0.717) is 6.10 Å². The van der Waals surface area contributed by atoms with Gasteiger partial charge in [0.25, 0.3) is 0 Å². The quantitative estimate of drug-likeness (QED) is 0.791. The van der Waals surface area contributed by atoms with Gasteiger partial charge in [-0.2, -0.15) is 0 Å². The van der Waals surface area contributed by atoms with Crippen molar-refractivity contribution >= 4 is 0 Å². The molecular formula is C15H29NO2. The monoisotopic (exact) mass is 255 g/mol. The Morgan fingerprint density at radius 3 is 2.44 bits per heavy atom. The number of nitrogens with zero attached hydrogens (tertiary/aromatic N) is 1. The summed E-state index contributed by atoms with van der Waals surface area (Å²) < 4.78 is 5.65. The first-order valence-electron chi connectivity index (χ1n) is 7.80. The number of rotatable bonds is 6.